The van der Waals surface area contributed by atoms with E-state index in [4.69, 9.17) is 0 Å². The van der Waals surface area contributed by atoms with Crippen molar-refractivity contribution in [3.05, 3.63) is 24.0 Å². The van der Waals surface area contributed by atoms with E-state index in [2.05, 4.69) is 4.98 Å². The van der Waals surface area contributed by atoms with Crippen molar-refractivity contribution >= 4 is 3.27 Å². The summed E-state index contributed by atoms with van der Waals surface area (Å²) in [6, 6.07) is 1.14. The maximum atomic E-state index is 12.3. The first kappa shape index (κ1) is 7.01. The van der Waals surface area contributed by atoms with Crippen LogP contribution in [-0.2, 0) is 0 Å². The van der Waals surface area contributed by atoms with Gasteiger partial charge in [-0.3, -0.25) is 0 Å². The van der Waals surface area contributed by atoms with Gasteiger partial charge in [0.05, 0.1) is 0 Å². The van der Waals surface area contributed by atoms with Crippen LogP contribution in [0.2, 0.25) is 0 Å². The first-order valence-corrected chi connectivity index (χ1v) is 3.64. The normalized spacial score (nSPS) is 9.67. The second kappa shape index (κ2) is 2.65. The van der Waals surface area contributed by atoms with Gasteiger partial charge in [0.25, 0.3) is 0 Å². The second-order valence-electron chi connectivity index (χ2n) is 1.40. The molecule has 0 bridgehead atoms. The summed E-state index contributed by atoms with van der Waals surface area (Å²) in [7, 11) is 0. The molecule has 9 heavy (non-hydrogen) atoms. The van der Waals surface area contributed by atoms with Gasteiger partial charge in [-0.1, -0.05) is 0 Å². The van der Waals surface area contributed by atoms with Crippen LogP contribution in [0, 0.1) is 36.5 Å². The zero-order valence-electron chi connectivity index (χ0n) is 4.24. The molecule has 0 saturated carbocycles. The molecule has 4 heteroatoms. The van der Waals surface area contributed by atoms with Crippen LogP contribution < -0.4 is 3.27 Å². The van der Waals surface area contributed by atoms with E-state index in [0.717, 1.165) is 37.0 Å². The van der Waals surface area contributed by atoms with Crippen LogP contribution >= 0.6 is 0 Å². The van der Waals surface area contributed by atoms with Crippen LogP contribution in [-0.4, -0.2) is 4.98 Å². The summed E-state index contributed by atoms with van der Waals surface area (Å²) in [5, 5.41) is 0. The number of pyridine rings is 1. The van der Waals surface area contributed by atoms with Gasteiger partial charge in [0.1, 0.15) is 0 Å². The van der Waals surface area contributed by atoms with Gasteiger partial charge < -0.3 is 0 Å². The molecule has 0 N–H and O–H groups in total. The van der Waals surface area contributed by atoms with Crippen LogP contribution in [0.1, 0.15) is 0 Å². The Morgan fingerprint density at radius 1 is 1.44 bits per heavy atom. The van der Waals surface area contributed by atoms with Crippen LogP contribution in [0.25, 0.3) is 0 Å². The van der Waals surface area contributed by atoms with Crippen LogP contribution in [0.15, 0.2) is 12.3 Å². The average Bonchev–Trinajstić information content (AvgIpc) is 1.83. The van der Waals surface area contributed by atoms with Gasteiger partial charge in [0.2, 0.25) is 0 Å². The molecule has 1 aromatic heterocycles. The Morgan fingerprint density at radius 2 is 2.11 bits per heavy atom. The van der Waals surface area contributed by atoms with Crippen LogP contribution in [0.4, 0.5) is 8.78 Å². The molecule has 1 nitrogen and oxygen atoms in total. The number of nitrogens with zero attached hydrogens (tertiary/aromatic N) is 1. The van der Waals surface area contributed by atoms with E-state index >= 15 is 0 Å². The number of halogens is 2. The fraction of sp³-hybridized carbons (Fsp3) is 0. The average molecular weight is 324 g/mol. The fourth-order valence-corrected chi connectivity index (χ4v) is 0.831. The van der Waals surface area contributed by atoms with Crippen molar-refractivity contribution < 1.29 is 33.5 Å². The molecule has 1 rings (SSSR count). The van der Waals surface area contributed by atoms with Gasteiger partial charge in [0, 0.05) is 0 Å². The van der Waals surface area contributed by atoms with Gasteiger partial charge in [-0.2, -0.15) is 0 Å². The van der Waals surface area contributed by atoms with Crippen molar-refractivity contribution in [2.45, 2.75) is 0 Å². The van der Waals surface area contributed by atoms with Gasteiger partial charge in [-0.25, -0.2) is 0 Å². The molecule has 0 saturated heterocycles. The van der Waals surface area contributed by atoms with E-state index in [1.807, 2.05) is 0 Å². The van der Waals surface area contributed by atoms with Gasteiger partial charge >= 0.3 is 65.8 Å². The van der Waals surface area contributed by atoms with Crippen molar-refractivity contribution in [3.63, 3.8) is 0 Å². The van der Waals surface area contributed by atoms with E-state index in [1.165, 1.54) is 0 Å². The molecule has 0 aliphatic carbocycles. The third kappa shape index (κ3) is 1.42. The molecule has 0 atom stereocenters. The molecule has 0 aliphatic heterocycles. The van der Waals surface area contributed by atoms with E-state index in [1.54, 1.807) is 0 Å². The van der Waals surface area contributed by atoms with E-state index in [0.29, 0.717) is 0 Å². The molecule has 48 valence electrons. The number of hydrogen-bond acceptors (Lipinski definition) is 1. The molecule has 0 aliphatic rings. The third-order valence-corrected chi connectivity index (χ3v) is 2.11. The zero-order chi connectivity index (χ0) is 6.85. The van der Waals surface area contributed by atoms with Gasteiger partial charge in [0.15, 0.2) is 0 Å². The van der Waals surface area contributed by atoms with Crippen LogP contribution in [0.3, 0.4) is 0 Å². The predicted octanol–water partition coefficient (Wildman–Crippen LogP) is 0.534. The summed E-state index contributed by atoms with van der Waals surface area (Å²) in [5.74, 6) is -1.24. The Hall–Kier alpha value is -0.107. The molecule has 0 amide bonds. The number of aromatic nitrogens is 1. The van der Waals surface area contributed by atoms with E-state index in [9.17, 15) is 8.78 Å². The SMILES string of the molecule is Fc1ccnc(F)c1[At]. The summed E-state index contributed by atoms with van der Waals surface area (Å²) in [4.78, 5) is 3.25. The Labute approximate surface area is 66.0 Å². The Morgan fingerprint density at radius 3 is 2.56 bits per heavy atom. The van der Waals surface area contributed by atoms with Crippen molar-refractivity contribution in [1.82, 2.24) is 4.98 Å². The molecule has 0 spiro atoms. The van der Waals surface area contributed by atoms with E-state index in [-0.39, 0.29) is 3.27 Å². The van der Waals surface area contributed by atoms with Crippen molar-refractivity contribution in [2.24, 2.45) is 0 Å². The molecule has 0 fully saturated rings. The maximum absolute atomic E-state index is 12.3. The fourth-order valence-electron chi connectivity index (χ4n) is 0.397. The number of rotatable bonds is 0. The molecular weight excluding hydrogens is 322 g/mol. The van der Waals surface area contributed by atoms with E-state index < -0.39 is 11.8 Å². The first-order chi connectivity index (χ1) is 4.22. The van der Waals surface area contributed by atoms with Crippen LogP contribution in [0.5, 0.6) is 0 Å². The summed E-state index contributed by atoms with van der Waals surface area (Å²) >= 11 is 0.953. The monoisotopic (exact) mass is 324 g/mol. The zero-order valence-corrected chi connectivity index (χ0v) is 7.17. The minimum atomic E-state index is -0.716. The molecule has 1 aromatic rings. The van der Waals surface area contributed by atoms with Gasteiger partial charge in [-0.05, 0) is 0 Å². The Kier molecular flexibility index (Phi) is 2.06. The molecular formula is C5H2AtF2N. The van der Waals surface area contributed by atoms with Crippen molar-refractivity contribution in [3.8, 4) is 0 Å². The second-order valence-corrected chi connectivity index (χ2v) is 2.87. The standard InChI is InChI=1S/C5H2AtF2N/c6-4-3(7)1-2-9-5(4)8/h1-2H. The summed E-state index contributed by atoms with van der Waals surface area (Å²) in [6.45, 7) is 0. The molecule has 0 aromatic carbocycles. The first-order valence-electron chi connectivity index (χ1n) is 2.17. The topological polar surface area (TPSA) is 12.9 Å². The molecule has 0 radical (unpaired) electrons. The number of hydrogen-bond donors (Lipinski definition) is 0. The summed E-state index contributed by atoms with van der Waals surface area (Å²) in [5.41, 5.74) is 0. The summed E-state index contributed by atoms with van der Waals surface area (Å²) in [6.07, 6.45) is 1.10. The Bertz CT molecular complexity index is 206. The summed E-state index contributed by atoms with van der Waals surface area (Å²) < 4.78 is 24.6. The van der Waals surface area contributed by atoms with Crippen molar-refractivity contribution in [2.75, 3.05) is 0 Å². The van der Waals surface area contributed by atoms with Crippen molar-refractivity contribution in [1.29, 1.82) is 0 Å². The van der Waals surface area contributed by atoms with Gasteiger partial charge in [-0.15, -0.1) is 0 Å². The molecule has 0 unspecified atom stereocenters. The third-order valence-electron chi connectivity index (χ3n) is 0.800. The minimum absolute atomic E-state index is 0.0255. The quantitative estimate of drug-likeness (QED) is 0.635. The predicted molar refractivity (Wildman–Crippen MR) is 23.8 cm³/mol. The Balaban J connectivity index is 3.25. The molecule has 1 heterocycles.